The molecule has 1 atom stereocenters. The van der Waals surface area contributed by atoms with Crippen molar-refractivity contribution in [3.63, 3.8) is 0 Å². The van der Waals surface area contributed by atoms with E-state index in [9.17, 15) is 4.21 Å². The van der Waals surface area contributed by atoms with E-state index in [2.05, 4.69) is 24.8 Å². The standard InChI is InChI=1S/C15H16ClN5OS2/c16-13-12(17-9-18-14(13)21-4-2-1-3-5-21)8-24(22)15-19-10-6-23-7-11(10)20-15/h6-7,9H,1-5,8H2,(H,19,20). The highest BCUT2D eigenvalue weighted by Gasteiger charge is 2.20. The van der Waals surface area contributed by atoms with Gasteiger partial charge in [0.25, 0.3) is 0 Å². The summed E-state index contributed by atoms with van der Waals surface area (Å²) in [7, 11) is -1.32. The number of halogens is 1. The number of aromatic amines is 1. The molecule has 0 amide bonds. The largest absolute Gasteiger partial charge is 0.355 e. The van der Waals surface area contributed by atoms with Crippen molar-refractivity contribution in [3.05, 3.63) is 27.8 Å². The third-order valence-corrected chi connectivity index (χ3v) is 6.37. The number of imidazole rings is 1. The lowest BCUT2D eigenvalue weighted by Crippen LogP contribution is -2.30. The molecule has 6 nitrogen and oxygen atoms in total. The molecule has 0 aliphatic carbocycles. The van der Waals surface area contributed by atoms with Gasteiger partial charge in [0.05, 0.1) is 27.8 Å². The van der Waals surface area contributed by atoms with Crippen molar-refractivity contribution in [3.8, 4) is 0 Å². The Bertz CT molecular complexity index is 859. The van der Waals surface area contributed by atoms with Crippen molar-refractivity contribution < 1.29 is 4.21 Å². The van der Waals surface area contributed by atoms with Gasteiger partial charge < -0.3 is 9.88 Å². The van der Waals surface area contributed by atoms with Gasteiger partial charge >= 0.3 is 0 Å². The van der Waals surface area contributed by atoms with Crippen molar-refractivity contribution in [2.45, 2.75) is 30.2 Å². The maximum absolute atomic E-state index is 12.6. The zero-order chi connectivity index (χ0) is 16.5. The molecular weight excluding hydrogens is 366 g/mol. The molecule has 1 fully saturated rings. The number of hydrogen-bond acceptors (Lipinski definition) is 6. The highest BCUT2D eigenvalue weighted by atomic mass is 35.5. The molecule has 1 aliphatic rings. The number of nitrogens with one attached hydrogen (secondary N) is 1. The lowest BCUT2D eigenvalue weighted by molar-refractivity contribution is 0.573. The fourth-order valence-electron chi connectivity index (χ4n) is 2.85. The number of rotatable bonds is 4. The van der Waals surface area contributed by atoms with Crippen LogP contribution in [-0.2, 0) is 16.6 Å². The Hall–Kier alpha value is -1.51. The van der Waals surface area contributed by atoms with Gasteiger partial charge in [0.15, 0.2) is 11.0 Å². The minimum Gasteiger partial charge on any atom is -0.355 e. The average molecular weight is 382 g/mol. The Labute approximate surface area is 150 Å². The van der Waals surface area contributed by atoms with Crippen LogP contribution in [-0.4, -0.2) is 37.2 Å². The van der Waals surface area contributed by atoms with Gasteiger partial charge in [0.2, 0.25) is 0 Å². The second-order valence-corrected chi connectivity index (χ2v) is 8.20. The maximum atomic E-state index is 12.6. The second-order valence-electron chi connectivity index (χ2n) is 5.71. The van der Waals surface area contributed by atoms with Crippen LogP contribution in [0.3, 0.4) is 0 Å². The molecule has 126 valence electrons. The summed E-state index contributed by atoms with van der Waals surface area (Å²) in [6, 6.07) is 0. The number of piperidine rings is 1. The zero-order valence-electron chi connectivity index (χ0n) is 12.9. The summed E-state index contributed by atoms with van der Waals surface area (Å²) in [5.41, 5.74) is 2.35. The van der Waals surface area contributed by atoms with Gasteiger partial charge in [-0.3, -0.25) is 4.21 Å². The highest BCUT2D eigenvalue weighted by molar-refractivity contribution is 7.84. The molecule has 3 aromatic rings. The van der Waals surface area contributed by atoms with Crippen molar-refractivity contribution in [2.75, 3.05) is 18.0 Å². The minimum atomic E-state index is -1.32. The average Bonchev–Trinajstić information content (AvgIpc) is 3.19. The Balaban J connectivity index is 1.57. The first-order valence-corrected chi connectivity index (χ1v) is 10.4. The van der Waals surface area contributed by atoms with E-state index in [0.29, 0.717) is 15.9 Å². The number of aromatic nitrogens is 4. The molecule has 0 radical (unpaired) electrons. The molecule has 1 aliphatic heterocycles. The van der Waals surface area contributed by atoms with E-state index in [4.69, 9.17) is 11.6 Å². The van der Waals surface area contributed by atoms with Crippen molar-refractivity contribution in [2.24, 2.45) is 0 Å². The van der Waals surface area contributed by atoms with Crippen LogP contribution < -0.4 is 4.90 Å². The third-order valence-electron chi connectivity index (χ3n) is 4.09. The molecule has 9 heteroatoms. The van der Waals surface area contributed by atoms with E-state index in [1.54, 1.807) is 11.3 Å². The van der Waals surface area contributed by atoms with Crippen LogP contribution in [0, 0.1) is 0 Å². The Morgan fingerprint density at radius 2 is 2.08 bits per heavy atom. The number of thiophene rings is 1. The number of nitrogens with zero attached hydrogens (tertiary/aromatic N) is 4. The SMILES string of the molecule is O=S(Cc1ncnc(N2CCCCC2)c1Cl)c1nc2cscc2[nH]1. The van der Waals surface area contributed by atoms with Crippen molar-refractivity contribution in [1.29, 1.82) is 0 Å². The zero-order valence-corrected chi connectivity index (χ0v) is 15.3. The molecule has 3 aromatic heterocycles. The summed E-state index contributed by atoms with van der Waals surface area (Å²) >= 11 is 8.07. The normalized spacial score (nSPS) is 16.6. The molecule has 0 aromatic carbocycles. The monoisotopic (exact) mass is 381 g/mol. The number of hydrogen-bond donors (Lipinski definition) is 1. The van der Waals surface area contributed by atoms with Gasteiger partial charge in [0, 0.05) is 23.8 Å². The summed E-state index contributed by atoms with van der Waals surface area (Å²) < 4.78 is 12.6. The first kappa shape index (κ1) is 16.0. The van der Waals surface area contributed by atoms with Gasteiger partial charge in [-0.05, 0) is 19.3 Å². The fraction of sp³-hybridized carbons (Fsp3) is 0.400. The molecule has 1 unspecified atom stereocenters. The molecule has 0 bridgehead atoms. The van der Waals surface area contributed by atoms with Crippen molar-refractivity contribution in [1.82, 2.24) is 19.9 Å². The predicted octanol–water partition coefficient (Wildman–Crippen LogP) is 3.37. The second kappa shape index (κ2) is 6.78. The molecule has 4 heterocycles. The van der Waals surface area contributed by atoms with Gasteiger partial charge in [-0.25, -0.2) is 15.0 Å². The summed E-state index contributed by atoms with van der Waals surface area (Å²) in [5, 5.41) is 4.84. The van der Waals surface area contributed by atoms with Crippen LogP contribution in [0.2, 0.25) is 5.02 Å². The van der Waals surface area contributed by atoms with Crippen LogP contribution in [0.5, 0.6) is 0 Å². The van der Waals surface area contributed by atoms with Gasteiger partial charge in [-0.1, -0.05) is 11.6 Å². The molecule has 1 saturated heterocycles. The molecule has 1 N–H and O–H groups in total. The van der Waals surface area contributed by atoms with E-state index in [-0.39, 0.29) is 5.75 Å². The maximum Gasteiger partial charge on any atom is 0.197 e. The minimum absolute atomic E-state index is 0.224. The van der Waals surface area contributed by atoms with E-state index < -0.39 is 10.8 Å². The summed E-state index contributed by atoms with van der Waals surface area (Å²) in [6.45, 7) is 1.90. The summed E-state index contributed by atoms with van der Waals surface area (Å²) in [6.07, 6.45) is 5.03. The Morgan fingerprint density at radius 3 is 2.88 bits per heavy atom. The van der Waals surface area contributed by atoms with Crippen LogP contribution in [0.1, 0.15) is 25.0 Å². The number of H-pyrrole nitrogens is 1. The smallest absolute Gasteiger partial charge is 0.197 e. The topological polar surface area (TPSA) is 74.8 Å². The summed E-state index contributed by atoms with van der Waals surface area (Å²) in [4.78, 5) is 18.2. The van der Waals surface area contributed by atoms with Crippen LogP contribution in [0.15, 0.2) is 22.2 Å². The van der Waals surface area contributed by atoms with Gasteiger partial charge in [-0.15, -0.1) is 11.3 Å². The first-order chi connectivity index (χ1) is 11.7. The van der Waals surface area contributed by atoms with Gasteiger partial charge in [-0.2, -0.15) is 0 Å². The lowest BCUT2D eigenvalue weighted by atomic mass is 10.1. The number of anilines is 1. The predicted molar refractivity (Wildman–Crippen MR) is 97.2 cm³/mol. The number of fused-ring (bicyclic) bond motifs is 1. The molecule has 24 heavy (non-hydrogen) atoms. The van der Waals surface area contributed by atoms with Crippen LogP contribution in [0.4, 0.5) is 5.82 Å². The van der Waals surface area contributed by atoms with Gasteiger partial charge in [0.1, 0.15) is 16.9 Å². The first-order valence-electron chi connectivity index (χ1n) is 7.77. The molecule has 0 saturated carbocycles. The van der Waals surface area contributed by atoms with E-state index >= 15 is 0 Å². The van der Waals surface area contributed by atoms with Crippen molar-refractivity contribution >= 4 is 50.6 Å². The van der Waals surface area contributed by atoms with E-state index in [0.717, 1.165) is 42.8 Å². The third kappa shape index (κ3) is 3.05. The van der Waals surface area contributed by atoms with E-state index in [1.807, 2.05) is 10.8 Å². The summed E-state index contributed by atoms with van der Waals surface area (Å²) in [5.74, 6) is 0.972. The van der Waals surface area contributed by atoms with Crippen LogP contribution in [0.25, 0.3) is 11.0 Å². The molecular formula is C15H16ClN5OS2. The lowest BCUT2D eigenvalue weighted by Gasteiger charge is -2.28. The highest BCUT2D eigenvalue weighted by Crippen LogP contribution is 2.29. The Kier molecular flexibility index (Phi) is 4.51. The fourth-order valence-corrected chi connectivity index (χ4v) is 4.93. The quantitative estimate of drug-likeness (QED) is 0.749. The van der Waals surface area contributed by atoms with Crippen LogP contribution >= 0.6 is 22.9 Å². The Morgan fingerprint density at radius 1 is 1.25 bits per heavy atom. The van der Waals surface area contributed by atoms with E-state index in [1.165, 1.54) is 12.7 Å². The molecule has 0 spiro atoms. The molecule has 4 rings (SSSR count).